The highest BCUT2D eigenvalue weighted by Crippen LogP contribution is 2.29. The van der Waals surface area contributed by atoms with Crippen molar-refractivity contribution >= 4 is 0 Å². The fourth-order valence-electron chi connectivity index (χ4n) is 2.32. The third kappa shape index (κ3) is 4.64. The molecule has 0 N–H and O–H groups in total. The van der Waals surface area contributed by atoms with Crippen LogP contribution in [0, 0.1) is 0 Å². The maximum Gasteiger partial charge on any atom is 0.355 e. The van der Waals surface area contributed by atoms with Crippen LogP contribution in [-0.4, -0.2) is 12.7 Å². The zero-order valence-electron chi connectivity index (χ0n) is 12.1. The van der Waals surface area contributed by atoms with Crippen LogP contribution >= 0.6 is 0 Å². The molecule has 0 unspecified atom stereocenters. The van der Waals surface area contributed by atoms with Gasteiger partial charge in [0.2, 0.25) is 0 Å². The van der Waals surface area contributed by atoms with Gasteiger partial charge in [-0.05, 0) is 17.5 Å². The van der Waals surface area contributed by atoms with Gasteiger partial charge in [-0.15, -0.1) is 0 Å². The van der Waals surface area contributed by atoms with Crippen molar-refractivity contribution in [3.8, 4) is 0 Å². The molecule has 1 nitrogen and oxygen atoms in total. The van der Waals surface area contributed by atoms with Crippen molar-refractivity contribution in [3.63, 3.8) is 0 Å². The van der Waals surface area contributed by atoms with E-state index in [1.54, 1.807) is 0 Å². The summed E-state index contributed by atoms with van der Waals surface area (Å²) in [5.74, 6) is 0.0695. The Kier molecular flexibility index (Phi) is 5.45. The van der Waals surface area contributed by atoms with E-state index >= 15 is 0 Å². The number of benzene rings is 2. The molecular weight excluding hydrogens is 270 g/mol. The maximum atomic E-state index is 13.2. The molecule has 112 valence electrons. The Hall–Kier alpha value is -1.74. The van der Waals surface area contributed by atoms with Gasteiger partial charge in [-0.1, -0.05) is 67.6 Å². The number of alkyl halides is 2. The molecular formula is C18H20F2O. The summed E-state index contributed by atoms with van der Waals surface area (Å²) in [7, 11) is 0. The van der Waals surface area contributed by atoms with E-state index in [0.29, 0.717) is 6.42 Å². The SMILES string of the molecule is CCC(F)(F)OCCC(c1ccccc1)c1ccccc1. The Morgan fingerprint density at radius 3 is 1.81 bits per heavy atom. The Balaban J connectivity index is 2.11. The predicted molar refractivity (Wildman–Crippen MR) is 80.5 cm³/mol. The molecule has 0 radical (unpaired) electrons. The van der Waals surface area contributed by atoms with Crippen molar-refractivity contribution in [2.75, 3.05) is 6.61 Å². The van der Waals surface area contributed by atoms with Crippen molar-refractivity contribution in [2.45, 2.75) is 31.8 Å². The molecule has 0 atom stereocenters. The van der Waals surface area contributed by atoms with Crippen LogP contribution in [0.4, 0.5) is 8.78 Å². The van der Waals surface area contributed by atoms with Crippen molar-refractivity contribution in [1.29, 1.82) is 0 Å². The standard InChI is InChI=1S/C18H20F2O/c1-2-18(19,20)21-14-13-17(15-9-5-3-6-10-15)16-11-7-4-8-12-16/h3-12,17H,2,13-14H2,1H3. The summed E-state index contributed by atoms with van der Waals surface area (Å²) in [6, 6.07) is 19.9. The normalized spacial score (nSPS) is 11.8. The third-order valence-corrected chi connectivity index (χ3v) is 3.54. The van der Waals surface area contributed by atoms with Gasteiger partial charge in [0, 0.05) is 12.3 Å². The van der Waals surface area contributed by atoms with Gasteiger partial charge in [-0.3, -0.25) is 0 Å². The first-order chi connectivity index (χ1) is 10.1. The van der Waals surface area contributed by atoms with Crippen LogP contribution in [0.3, 0.4) is 0 Å². The number of hydrogen-bond donors (Lipinski definition) is 0. The molecule has 2 rings (SSSR count). The first kappa shape index (κ1) is 15.6. The fourth-order valence-corrected chi connectivity index (χ4v) is 2.32. The lowest BCUT2D eigenvalue weighted by molar-refractivity contribution is -0.239. The van der Waals surface area contributed by atoms with Gasteiger partial charge >= 0.3 is 6.11 Å². The van der Waals surface area contributed by atoms with Gasteiger partial charge in [0.05, 0.1) is 6.61 Å². The second-order valence-corrected chi connectivity index (χ2v) is 5.00. The molecule has 0 aromatic heterocycles. The lowest BCUT2D eigenvalue weighted by Crippen LogP contribution is -2.21. The van der Waals surface area contributed by atoms with Crippen LogP contribution in [0.5, 0.6) is 0 Å². The second kappa shape index (κ2) is 7.32. The van der Waals surface area contributed by atoms with E-state index in [4.69, 9.17) is 4.74 Å². The number of rotatable bonds is 7. The van der Waals surface area contributed by atoms with Crippen LogP contribution in [0.25, 0.3) is 0 Å². The second-order valence-electron chi connectivity index (χ2n) is 5.00. The van der Waals surface area contributed by atoms with E-state index in [2.05, 4.69) is 0 Å². The van der Waals surface area contributed by atoms with Crippen molar-refractivity contribution < 1.29 is 13.5 Å². The van der Waals surface area contributed by atoms with Crippen LogP contribution in [-0.2, 0) is 4.74 Å². The average Bonchev–Trinajstić information content (AvgIpc) is 2.53. The molecule has 0 aliphatic carbocycles. The van der Waals surface area contributed by atoms with Crippen molar-refractivity contribution in [3.05, 3.63) is 71.8 Å². The zero-order chi connectivity index (χ0) is 15.1. The van der Waals surface area contributed by atoms with E-state index in [9.17, 15) is 8.78 Å². The number of hydrogen-bond acceptors (Lipinski definition) is 1. The lowest BCUT2D eigenvalue weighted by atomic mass is 9.89. The highest BCUT2D eigenvalue weighted by atomic mass is 19.3. The molecule has 0 aliphatic rings. The van der Waals surface area contributed by atoms with Crippen LogP contribution in [0.1, 0.15) is 36.8 Å². The summed E-state index contributed by atoms with van der Waals surface area (Å²) in [6.07, 6.45) is -2.80. The molecule has 2 aromatic carbocycles. The fraction of sp³-hybridized carbons (Fsp3) is 0.333. The van der Waals surface area contributed by atoms with Gasteiger partial charge < -0.3 is 4.74 Å². The van der Waals surface area contributed by atoms with E-state index in [-0.39, 0.29) is 18.9 Å². The van der Waals surface area contributed by atoms with Gasteiger partial charge in [0.15, 0.2) is 0 Å². The molecule has 0 aliphatic heterocycles. The maximum absolute atomic E-state index is 13.2. The molecule has 0 spiro atoms. The molecule has 0 fully saturated rings. The minimum atomic E-state index is -3.03. The van der Waals surface area contributed by atoms with Crippen molar-refractivity contribution in [1.82, 2.24) is 0 Å². The molecule has 2 aromatic rings. The largest absolute Gasteiger partial charge is 0.355 e. The summed E-state index contributed by atoms with van der Waals surface area (Å²) >= 11 is 0. The smallest absolute Gasteiger partial charge is 0.320 e. The predicted octanol–water partition coefficient (Wildman–Crippen LogP) is 5.23. The monoisotopic (exact) mass is 290 g/mol. The average molecular weight is 290 g/mol. The van der Waals surface area contributed by atoms with Gasteiger partial charge in [-0.2, -0.15) is 8.78 Å². The minimum absolute atomic E-state index is 0.0370. The molecule has 0 heterocycles. The highest BCUT2D eigenvalue weighted by Gasteiger charge is 2.27. The number of ether oxygens (including phenoxy) is 1. The Morgan fingerprint density at radius 2 is 1.38 bits per heavy atom. The van der Waals surface area contributed by atoms with Crippen LogP contribution in [0.2, 0.25) is 0 Å². The molecule has 3 heteroatoms. The quantitative estimate of drug-likeness (QED) is 0.678. The first-order valence-corrected chi connectivity index (χ1v) is 7.24. The Morgan fingerprint density at radius 1 is 0.905 bits per heavy atom. The summed E-state index contributed by atoms with van der Waals surface area (Å²) in [5, 5.41) is 0. The summed E-state index contributed by atoms with van der Waals surface area (Å²) < 4.78 is 31.1. The van der Waals surface area contributed by atoms with Crippen molar-refractivity contribution in [2.24, 2.45) is 0 Å². The molecule has 0 saturated heterocycles. The first-order valence-electron chi connectivity index (χ1n) is 7.24. The zero-order valence-corrected chi connectivity index (χ0v) is 12.1. The van der Waals surface area contributed by atoms with Gasteiger partial charge in [0.25, 0.3) is 0 Å². The Labute approximate surface area is 124 Å². The van der Waals surface area contributed by atoms with E-state index < -0.39 is 6.11 Å². The van der Waals surface area contributed by atoms with Gasteiger partial charge in [-0.25, -0.2) is 0 Å². The van der Waals surface area contributed by atoms with E-state index in [1.165, 1.54) is 6.92 Å². The van der Waals surface area contributed by atoms with E-state index in [1.807, 2.05) is 60.7 Å². The topological polar surface area (TPSA) is 9.23 Å². The Bertz CT molecular complexity index is 486. The lowest BCUT2D eigenvalue weighted by Gasteiger charge is -2.20. The van der Waals surface area contributed by atoms with E-state index in [0.717, 1.165) is 11.1 Å². The summed E-state index contributed by atoms with van der Waals surface area (Å²) in [4.78, 5) is 0. The third-order valence-electron chi connectivity index (χ3n) is 3.54. The highest BCUT2D eigenvalue weighted by molar-refractivity contribution is 5.32. The molecule has 21 heavy (non-hydrogen) atoms. The van der Waals surface area contributed by atoms with Crippen LogP contribution in [0.15, 0.2) is 60.7 Å². The molecule has 0 saturated carbocycles. The van der Waals surface area contributed by atoms with Crippen LogP contribution < -0.4 is 0 Å². The summed E-state index contributed by atoms with van der Waals surface area (Å²) in [5.41, 5.74) is 2.24. The minimum Gasteiger partial charge on any atom is -0.320 e. The molecule has 0 bridgehead atoms. The number of halogens is 2. The summed E-state index contributed by atoms with van der Waals surface area (Å²) in [6.45, 7) is 1.46. The van der Waals surface area contributed by atoms with Gasteiger partial charge in [0.1, 0.15) is 0 Å². The molecule has 0 amide bonds.